The number of nitrogens with one attached hydrogen (secondary N) is 1. The predicted octanol–water partition coefficient (Wildman–Crippen LogP) is 3.65. The molecule has 0 aliphatic carbocycles. The fourth-order valence-electron chi connectivity index (χ4n) is 3.03. The van der Waals surface area contributed by atoms with E-state index in [-0.39, 0.29) is 35.6 Å². The number of aromatic nitrogens is 3. The van der Waals surface area contributed by atoms with Gasteiger partial charge in [0.2, 0.25) is 0 Å². The first-order valence-electron chi connectivity index (χ1n) is 9.59. The number of rotatable bonds is 9. The maximum absolute atomic E-state index is 12.5. The molecule has 0 bridgehead atoms. The second kappa shape index (κ2) is 9.64. The first kappa shape index (κ1) is 21.0. The van der Waals surface area contributed by atoms with Crippen LogP contribution in [-0.2, 0) is 24.2 Å². The SMILES string of the molecule is Cc1[nH]n(CCCC(=O)O)c(=O)c1N=Nc1cccc(CCc2ccccn2)c1O. The molecule has 0 aliphatic rings. The molecule has 1 aromatic carbocycles. The Morgan fingerprint density at radius 1 is 1.17 bits per heavy atom. The highest BCUT2D eigenvalue weighted by molar-refractivity contribution is 5.66. The van der Waals surface area contributed by atoms with E-state index in [1.807, 2.05) is 24.3 Å². The van der Waals surface area contributed by atoms with E-state index >= 15 is 0 Å². The summed E-state index contributed by atoms with van der Waals surface area (Å²) in [5.41, 5.74) is 2.18. The minimum absolute atomic E-state index is 0.0205. The quantitative estimate of drug-likeness (QED) is 0.464. The van der Waals surface area contributed by atoms with Crippen molar-refractivity contribution in [2.24, 2.45) is 10.2 Å². The number of aliphatic carboxylic acids is 1. The van der Waals surface area contributed by atoms with Crippen LogP contribution in [0.25, 0.3) is 0 Å². The van der Waals surface area contributed by atoms with Gasteiger partial charge >= 0.3 is 5.97 Å². The molecular weight excluding hydrogens is 386 g/mol. The van der Waals surface area contributed by atoms with Gasteiger partial charge in [0, 0.05) is 24.9 Å². The summed E-state index contributed by atoms with van der Waals surface area (Å²) in [7, 11) is 0. The van der Waals surface area contributed by atoms with E-state index in [0.717, 1.165) is 5.69 Å². The highest BCUT2D eigenvalue weighted by atomic mass is 16.4. The van der Waals surface area contributed by atoms with Crippen molar-refractivity contribution in [1.82, 2.24) is 14.8 Å². The van der Waals surface area contributed by atoms with Crippen molar-refractivity contribution in [1.29, 1.82) is 0 Å². The van der Waals surface area contributed by atoms with Gasteiger partial charge in [-0.3, -0.25) is 24.4 Å². The number of aromatic amines is 1. The minimum atomic E-state index is -0.912. The zero-order valence-electron chi connectivity index (χ0n) is 16.6. The number of carboxylic acids is 1. The number of carbonyl (C=O) groups is 1. The van der Waals surface area contributed by atoms with Crippen LogP contribution in [0, 0.1) is 6.92 Å². The van der Waals surface area contributed by atoms with Crippen LogP contribution in [0.15, 0.2) is 57.6 Å². The Balaban J connectivity index is 1.74. The molecule has 0 spiro atoms. The normalized spacial score (nSPS) is 11.2. The maximum Gasteiger partial charge on any atom is 0.303 e. The van der Waals surface area contributed by atoms with Crippen molar-refractivity contribution in [2.45, 2.75) is 39.2 Å². The summed E-state index contributed by atoms with van der Waals surface area (Å²) in [6, 6.07) is 10.9. The van der Waals surface area contributed by atoms with Gasteiger partial charge in [-0.1, -0.05) is 18.2 Å². The number of carboxylic acid groups (broad SMARTS) is 1. The molecule has 3 N–H and O–H groups in total. The number of aromatic hydroxyl groups is 1. The van der Waals surface area contributed by atoms with Gasteiger partial charge in [0.25, 0.3) is 5.56 Å². The maximum atomic E-state index is 12.5. The number of aryl methyl sites for hydroxylation is 4. The lowest BCUT2D eigenvalue weighted by molar-refractivity contribution is -0.137. The molecule has 0 saturated carbocycles. The fraction of sp³-hybridized carbons (Fsp3) is 0.286. The van der Waals surface area contributed by atoms with Gasteiger partial charge in [0.05, 0.1) is 5.69 Å². The summed E-state index contributed by atoms with van der Waals surface area (Å²) in [5, 5.41) is 30.2. The third-order valence-corrected chi connectivity index (χ3v) is 4.61. The monoisotopic (exact) mass is 409 g/mol. The molecule has 0 amide bonds. The van der Waals surface area contributed by atoms with Crippen molar-refractivity contribution in [3.63, 3.8) is 0 Å². The fourth-order valence-corrected chi connectivity index (χ4v) is 3.03. The second-order valence-corrected chi connectivity index (χ2v) is 6.85. The van der Waals surface area contributed by atoms with Gasteiger partial charge in [0.1, 0.15) is 11.4 Å². The Labute approximate surface area is 172 Å². The number of pyridine rings is 1. The van der Waals surface area contributed by atoms with Gasteiger partial charge in [-0.15, -0.1) is 10.2 Å². The molecule has 2 heterocycles. The molecular formula is C21H23N5O4. The largest absolute Gasteiger partial charge is 0.505 e. The van der Waals surface area contributed by atoms with Crippen LogP contribution >= 0.6 is 0 Å². The highest BCUT2D eigenvalue weighted by Gasteiger charge is 2.12. The number of hydrogen-bond donors (Lipinski definition) is 3. The Kier molecular flexibility index (Phi) is 6.74. The van der Waals surface area contributed by atoms with E-state index in [4.69, 9.17) is 5.11 Å². The molecule has 0 fully saturated rings. The van der Waals surface area contributed by atoms with Crippen molar-refractivity contribution in [3.8, 4) is 5.75 Å². The van der Waals surface area contributed by atoms with Gasteiger partial charge in [-0.2, -0.15) is 0 Å². The number of phenolic OH excluding ortho intramolecular Hbond substituents is 1. The molecule has 2 aromatic heterocycles. The first-order chi connectivity index (χ1) is 14.5. The molecule has 9 heteroatoms. The Morgan fingerprint density at radius 2 is 2.00 bits per heavy atom. The molecule has 9 nitrogen and oxygen atoms in total. The second-order valence-electron chi connectivity index (χ2n) is 6.85. The van der Waals surface area contributed by atoms with Crippen molar-refractivity contribution in [3.05, 3.63) is 69.9 Å². The number of H-pyrrole nitrogens is 1. The molecule has 3 rings (SSSR count). The minimum Gasteiger partial charge on any atom is -0.505 e. The number of nitrogens with zero attached hydrogens (tertiary/aromatic N) is 4. The van der Waals surface area contributed by atoms with Crippen LogP contribution in [-0.4, -0.2) is 30.9 Å². The molecule has 30 heavy (non-hydrogen) atoms. The average Bonchev–Trinajstić information content (AvgIpc) is 3.00. The molecule has 0 radical (unpaired) electrons. The summed E-state index contributed by atoms with van der Waals surface area (Å²) in [6.07, 6.45) is 3.29. The topological polar surface area (TPSA) is 133 Å². The van der Waals surface area contributed by atoms with E-state index in [2.05, 4.69) is 20.3 Å². The van der Waals surface area contributed by atoms with Crippen LogP contribution in [0.5, 0.6) is 5.75 Å². The van der Waals surface area contributed by atoms with E-state index in [1.165, 1.54) is 4.68 Å². The molecule has 3 aromatic rings. The number of phenols is 1. The van der Waals surface area contributed by atoms with Gasteiger partial charge in [0.15, 0.2) is 5.69 Å². The zero-order chi connectivity index (χ0) is 21.5. The van der Waals surface area contributed by atoms with Crippen LogP contribution in [0.2, 0.25) is 0 Å². The summed E-state index contributed by atoms with van der Waals surface area (Å²) < 4.78 is 1.32. The lowest BCUT2D eigenvalue weighted by Gasteiger charge is -2.06. The lowest BCUT2D eigenvalue weighted by Crippen LogP contribution is -2.17. The van der Waals surface area contributed by atoms with E-state index in [1.54, 1.807) is 25.3 Å². The van der Waals surface area contributed by atoms with Crippen LogP contribution < -0.4 is 5.56 Å². The van der Waals surface area contributed by atoms with Crippen LogP contribution in [0.4, 0.5) is 11.4 Å². The van der Waals surface area contributed by atoms with Crippen LogP contribution in [0.3, 0.4) is 0 Å². The summed E-state index contributed by atoms with van der Waals surface area (Å²) >= 11 is 0. The summed E-state index contributed by atoms with van der Waals surface area (Å²) in [4.78, 5) is 27.4. The first-order valence-corrected chi connectivity index (χ1v) is 9.59. The molecule has 0 saturated heterocycles. The Bertz CT molecular complexity index is 1100. The van der Waals surface area contributed by atoms with E-state index in [0.29, 0.717) is 30.5 Å². The zero-order valence-corrected chi connectivity index (χ0v) is 16.6. The van der Waals surface area contributed by atoms with E-state index in [9.17, 15) is 14.7 Å². The standard InChI is InChI=1S/C21H23N5O4/c1-14-19(21(30)26(25-14)13-5-9-18(27)28)24-23-17-8-4-6-15(20(17)29)10-11-16-7-2-3-12-22-16/h2-4,6-8,12,25,29H,5,9-11,13H2,1H3,(H,27,28). The molecule has 156 valence electrons. The lowest BCUT2D eigenvalue weighted by atomic mass is 10.1. The van der Waals surface area contributed by atoms with Crippen molar-refractivity contribution >= 4 is 17.3 Å². The summed E-state index contributed by atoms with van der Waals surface area (Å²) in [6.45, 7) is 1.93. The van der Waals surface area contributed by atoms with E-state index < -0.39 is 5.97 Å². The van der Waals surface area contributed by atoms with Crippen LogP contribution in [0.1, 0.15) is 29.8 Å². The molecule has 0 atom stereocenters. The molecule has 0 unspecified atom stereocenters. The number of azo groups is 1. The highest BCUT2D eigenvalue weighted by Crippen LogP contribution is 2.32. The van der Waals surface area contributed by atoms with Gasteiger partial charge in [-0.25, -0.2) is 0 Å². The van der Waals surface area contributed by atoms with Gasteiger partial charge in [-0.05, 0) is 49.9 Å². The number of hydrogen-bond acceptors (Lipinski definition) is 6. The van der Waals surface area contributed by atoms with Crippen molar-refractivity contribution < 1.29 is 15.0 Å². The van der Waals surface area contributed by atoms with Crippen molar-refractivity contribution in [2.75, 3.05) is 0 Å². The average molecular weight is 409 g/mol. The van der Waals surface area contributed by atoms with Gasteiger partial charge < -0.3 is 10.2 Å². The predicted molar refractivity (Wildman–Crippen MR) is 111 cm³/mol. The smallest absolute Gasteiger partial charge is 0.303 e. The number of para-hydroxylation sites is 1. The summed E-state index contributed by atoms with van der Waals surface area (Å²) in [5.74, 6) is -0.892. The number of benzene rings is 1. The third kappa shape index (κ3) is 5.19. The third-order valence-electron chi connectivity index (χ3n) is 4.61. The molecule has 0 aliphatic heterocycles. The Hall–Kier alpha value is -3.75. The Morgan fingerprint density at radius 3 is 2.73 bits per heavy atom.